The van der Waals surface area contributed by atoms with Crippen molar-refractivity contribution in [3.8, 4) is 0 Å². The number of fused-ring (bicyclic) bond motifs is 1. The van der Waals surface area contributed by atoms with Gasteiger partial charge in [0.1, 0.15) is 24.9 Å². The van der Waals surface area contributed by atoms with Crippen LogP contribution < -0.4 is 5.32 Å². The molecular weight excluding hydrogens is 446 g/mol. The van der Waals surface area contributed by atoms with Crippen molar-refractivity contribution in [2.45, 2.75) is 36.7 Å². The zero-order chi connectivity index (χ0) is 24.1. The molecule has 10 heteroatoms. The van der Waals surface area contributed by atoms with Crippen LogP contribution in [0.4, 0.5) is 0 Å². The molecule has 3 unspecified atom stereocenters. The lowest BCUT2D eigenvalue weighted by atomic mass is 9.91. The smallest absolute Gasteiger partial charge is 0.335 e. The van der Waals surface area contributed by atoms with E-state index in [9.17, 15) is 19.5 Å². The van der Waals surface area contributed by atoms with Gasteiger partial charge in [0.25, 0.3) is 5.91 Å². The van der Waals surface area contributed by atoms with Gasteiger partial charge in [-0.15, -0.1) is 0 Å². The number of benzene rings is 2. The molecule has 1 amide bonds. The number of esters is 1. The summed E-state index contributed by atoms with van der Waals surface area (Å²) in [6.45, 7) is -0.430. The van der Waals surface area contributed by atoms with Crippen molar-refractivity contribution < 1.29 is 43.2 Å². The molecule has 2 N–H and O–H groups in total. The number of aliphatic carboxylic acids is 1. The average molecular weight is 471 g/mol. The van der Waals surface area contributed by atoms with Crippen molar-refractivity contribution in [3.63, 3.8) is 0 Å². The van der Waals surface area contributed by atoms with E-state index in [-0.39, 0.29) is 6.61 Å². The molecule has 0 radical (unpaired) electrons. The summed E-state index contributed by atoms with van der Waals surface area (Å²) >= 11 is 0. The monoisotopic (exact) mass is 471 g/mol. The second-order valence-corrected chi connectivity index (χ2v) is 7.83. The van der Waals surface area contributed by atoms with Crippen LogP contribution in [0.3, 0.4) is 0 Å². The summed E-state index contributed by atoms with van der Waals surface area (Å²) in [5, 5.41) is 12.6. The number of hydrogen-bond acceptors (Lipinski definition) is 8. The second-order valence-electron chi connectivity index (χ2n) is 7.83. The van der Waals surface area contributed by atoms with Gasteiger partial charge in [-0.2, -0.15) is 0 Å². The predicted molar refractivity (Wildman–Crippen MR) is 116 cm³/mol. The average Bonchev–Trinajstić information content (AvgIpc) is 2.88. The lowest BCUT2D eigenvalue weighted by Gasteiger charge is -2.48. The molecule has 0 bridgehead atoms. The Morgan fingerprint density at radius 2 is 1.71 bits per heavy atom. The van der Waals surface area contributed by atoms with Crippen molar-refractivity contribution >= 4 is 17.8 Å². The summed E-state index contributed by atoms with van der Waals surface area (Å²) in [6, 6.07) is 16.3. The van der Waals surface area contributed by atoms with Gasteiger partial charge in [0.2, 0.25) is 0 Å². The lowest BCUT2D eigenvalue weighted by Crippen LogP contribution is -2.68. The van der Waals surface area contributed by atoms with Crippen LogP contribution in [0.5, 0.6) is 0 Å². The Morgan fingerprint density at radius 3 is 2.35 bits per heavy atom. The fraction of sp³-hybridized carbons (Fsp3) is 0.375. The first kappa shape index (κ1) is 23.8. The first-order chi connectivity index (χ1) is 16.5. The van der Waals surface area contributed by atoms with Crippen LogP contribution in [-0.4, -0.2) is 73.7 Å². The van der Waals surface area contributed by atoms with Gasteiger partial charge in [-0.05, 0) is 12.1 Å². The number of carbonyl (C=O) groups is 3. The highest BCUT2D eigenvalue weighted by Crippen LogP contribution is 2.35. The molecule has 0 aliphatic carbocycles. The molecule has 6 atom stereocenters. The minimum atomic E-state index is -1.46. The van der Waals surface area contributed by atoms with Gasteiger partial charge < -0.3 is 34.1 Å². The third-order valence-electron chi connectivity index (χ3n) is 5.65. The molecule has 2 aliphatic heterocycles. The summed E-state index contributed by atoms with van der Waals surface area (Å²) in [6.07, 6.45) is -4.89. The van der Waals surface area contributed by atoms with Crippen LogP contribution in [0.15, 0.2) is 60.7 Å². The Labute approximate surface area is 195 Å². The maximum absolute atomic E-state index is 12.9. The van der Waals surface area contributed by atoms with Crippen LogP contribution in [0.2, 0.25) is 0 Å². The minimum absolute atomic E-state index is 0.0332. The van der Waals surface area contributed by atoms with E-state index < -0.39 is 61.2 Å². The highest BCUT2D eigenvalue weighted by Gasteiger charge is 2.53. The third kappa shape index (κ3) is 5.26. The van der Waals surface area contributed by atoms with Gasteiger partial charge in [0.05, 0.1) is 19.8 Å². The Balaban J connectivity index is 1.63. The number of rotatable bonds is 7. The Hall–Kier alpha value is -3.31. The number of carboxylic acids is 1. The number of methoxy groups -OCH3 is 1. The molecule has 2 aromatic carbocycles. The number of amides is 1. The lowest BCUT2D eigenvalue weighted by molar-refractivity contribution is -0.317. The number of nitrogens with one attached hydrogen (secondary N) is 1. The molecule has 34 heavy (non-hydrogen) atoms. The van der Waals surface area contributed by atoms with Crippen molar-refractivity contribution in [2.24, 2.45) is 0 Å². The highest BCUT2D eigenvalue weighted by atomic mass is 16.7. The summed E-state index contributed by atoms with van der Waals surface area (Å²) in [5.74, 6) is -2.47. The van der Waals surface area contributed by atoms with Crippen molar-refractivity contribution in [1.82, 2.24) is 5.32 Å². The summed E-state index contributed by atoms with van der Waals surface area (Å²) in [7, 11) is 1.21. The molecule has 2 heterocycles. The quantitative estimate of drug-likeness (QED) is 0.574. The molecule has 0 saturated carbocycles. The zero-order valence-corrected chi connectivity index (χ0v) is 18.4. The van der Waals surface area contributed by atoms with Crippen LogP contribution in [0.1, 0.15) is 22.2 Å². The maximum atomic E-state index is 12.9. The number of hydrogen-bond donors (Lipinski definition) is 2. The van der Waals surface area contributed by atoms with Crippen LogP contribution >= 0.6 is 0 Å². The SMILES string of the molecule is COC(=O)CO[C@@H]1C(NC(=O)c2ccccc2)[C@H](C(=O)O)OC2COC(c3ccccc3)O[C@@H]21. The summed E-state index contributed by atoms with van der Waals surface area (Å²) in [5.41, 5.74) is 1.08. The maximum Gasteiger partial charge on any atom is 0.335 e. The van der Waals surface area contributed by atoms with Crippen molar-refractivity contribution in [2.75, 3.05) is 20.3 Å². The van der Waals surface area contributed by atoms with Crippen molar-refractivity contribution in [1.29, 1.82) is 0 Å². The molecule has 4 rings (SSSR count). The van der Waals surface area contributed by atoms with Gasteiger partial charge in [-0.3, -0.25) is 4.79 Å². The van der Waals surface area contributed by atoms with E-state index in [1.54, 1.807) is 30.3 Å². The molecule has 10 nitrogen and oxygen atoms in total. The molecule has 0 spiro atoms. The van der Waals surface area contributed by atoms with E-state index in [1.165, 1.54) is 7.11 Å². The second kappa shape index (κ2) is 10.7. The molecule has 2 fully saturated rings. The summed E-state index contributed by atoms with van der Waals surface area (Å²) < 4.78 is 28.2. The van der Waals surface area contributed by atoms with Gasteiger partial charge in [-0.25, -0.2) is 9.59 Å². The van der Waals surface area contributed by atoms with Crippen LogP contribution in [0.25, 0.3) is 0 Å². The normalized spacial score (nSPS) is 28.4. The topological polar surface area (TPSA) is 130 Å². The first-order valence-electron chi connectivity index (χ1n) is 10.7. The first-order valence-corrected chi connectivity index (χ1v) is 10.7. The minimum Gasteiger partial charge on any atom is -0.479 e. The van der Waals surface area contributed by atoms with E-state index in [0.717, 1.165) is 5.56 Å². The van der Waals surface area contributed by atoms with E-state index in [0.29, 0.717) is 5.56 Å². The van der Waals surface area contributed by atoms with Crippen LogP contribution in [0, 0.1) is 0 Å². The largest absolute Gasteiger partial charge is 0.479 e. The van der Waals surface area contributed by atoms with Gasteiger partial charge >= 0.3 is 11.9 Å². The Kier molecular flexibility index (Phi) is 7.53. The van der Waals surface area contributed by atoms with E-state index >= 15 is 0 Å². The zero-order valence-electron chi connectivity index (χ0n) is 18.4. The van der Waals surface area contributed by atoms with E-state index in [2.05, 4.69) is 10.1 Å². The molecule has 180 valence electrons. The fourth-order valence-electron chi connectivity index (χ4n) is 4.00. The number of ether oxygens (including phenoxy) is 5. The van der Waals surface area contributed by atoms with Gasteiger partial charge in [-0.1, -0.05) is 48.5 Å². The molecule has 2 aromatic rings. The van der Waals surface area contributed by atoms with Crippen LogP contribution in [-0.2, 0) is 33.3 Å². The Bertz CT molecular complexity index is 1000. The number of carbonyl (C=O) groups excluding carboxylic acids is 2. The third-order valence-corrected chi connectivity index (χ3v) is 5.65. The summed E-state index contributed by atoms with van der Waals surface area (Å²) in [4.78, 5) is 36.8. The standard InChI is InChI=1S/C24H25NO9/c1-30-17(26)13-31-20-18(25-22(27)14-8-4-2-5-9-14)21(23(28)29)33-16-12-32-24(34-19(16)20)15-10-6-3-7-11-15/h2-11,16,18-21,24H,12-13H2,1H3,(H,25,27)(H,28,29)/t16?,18?,19-,20+,21+,24?/m0/s1. The Morgan fingerprint density at radius 1 is 1.03 bits per heavy atom. The van der Waals surface area contributed by atoms with E-state index in [1.807, 2.05) is 30.3 Å². The fourth-order valence-corrected chi connectivity index (χ4v) is 4.00. The van der Waals surface area contributed by atoms with Gasteiger partial charge in [0.15, 0.2) is 12.4 Å². The highest BCUT2D eigenvalue weighted by molar-refractivity contribution is 5.94. The van der Waals surface area contributed by atoms with E-state index in [4.69, 9.17) is 18.9 Å². The molecular formula is C24H25NO9. The van der Waals surface area contributed by atoms with Gasteiger partial charge in [0, 0.05) is 11.1 Å². The predicted octanol–water partition coefficient (Wildman–Crippen LogP) is 1.31. The molecule has 2 aliphatic rings. The number of carboxylic acid groups (broad SMARTS) is 1. The molecule has 0 aromatic heterocycles. The van der Waals surface area contributed by atoms with Crippen molar-refractivity contribution in [3.05, 3.63) is 71.8 Å². The molecule has 2 saturated heterocycles.